The largest absolute Gasteiger partial charge is 0.352 e. The van der Waals surface area contributed by atoms with E-state index < -0.39 is 0 Å². The van der Waals surface area contributed by atoms with Gasteiger partial charge in [-0.05, 0) is 25.8 Å². The Morgan fingerprint density at radius 1 is 1.33 bits per heavy atom. The van der Waals surface area contributed by atoms with E-state index in [2.05, 4.69) is 29.3 Å². The van der Waals surface area contributed by atoms with Crippen molar-refractivity contribution in [3.63, 3.8) is 0 Å². The van der Waals surface area contributed by atoms with Crippen LogP contribution in [0.3, 0.4) is 0 Å². The molecule has 4 atom stereocenters. The molecule has 2 rings (SSSR count). The van der Waals surface area contributed by atoms with E-state index in [0.29, 0.717) is 5.92 Å². The lowest BCUT2D eigenvalue weighted by molar-refractivity contribution is -0.126. The molecule has 1 saturated heterocycles. The van der Waals surface area contributed by atoms with Gasteiger partial charge in [0.1, 0.15) is 0 Å². The SMILES string of the molecule is CCC(C)NC(=O)C(C)N1C[C@@H](N)[C@H](c2ccccc2)C1. The van der Waals surface area contributed by atoms with E-state index in [1.807, 2.05) is 32.0 Å². The molecule has 1 aliphatic rings. The van der Waals surface area contributed by atoms with E-state index in [1.165, 1.54) is 5.56 Å². The number of nitrogens with two attached hydrogens (primary N) is 1. The second kappa shape index (κ2) is 7.05. The maximum Gasteiger partial charge on any atom is 0.237 e. The number of carbonyl (C=O) groups is 1. The number of nitrogens with one attached hydrogen (secondary N) is 1. The molecule has 1 fully saturated rings. The van der Waals surface area contributed by atoms with Gasteiger partial charge in [-0.25, -0.2) is 0 Å². The lowest BCUT2D eigenvalue weighted by atomic mass is 9.95. The Bertz CT molecular complexity index is 462. The summed E-state index contributed by atoms with van der Waals surface area (Å²) in [5.41, 5.74) is 7.56. The first-order valence-electron chi connectivity index (χ1n) is 7.87. The van der Waals surface area contributed by atoms with Gasteiger partial charge in [-0.1, -0.05) is 37.3 Å². The molecule has 0 saturated carbocycles. The Kier molecular flexibility index (Phi) is 5.37. The molecular weight excluding hydrogens is 262 g/mol. The Hall–Kier alpha value is -1.39. The van der Waals surface area contributed by atoms with Crippen molar-refractivity contribution >= 4 is 5.91 Å². The van der Waals surface area contributed by atoms with Crippen molar-refractivity contribution in [2.75, 3.05) is 13.1 Å². The van der Waals surface area contributed by atoms with Gasteiger partial charge in [-0.2, -0.15) is 0 Å². The number of carbonyl (C=O) groups excluding carboxylic acids is 1. The average Bonchev–Trinajstić information content (AvgIpc) is 2.89. The zero-order valence-corrected chi connectivity index (χ0v) is 13.3. The van der Waals surface area contributed by atoms with Crippen LogP contribution in [0, 0.1) is 0 Å². The van der Waals surface area contributed by atoms with Gasteiger partial charge in [0.05, 0.1) is 6.04 Å². The number of benzene rings is 1. The standard InChI is InChI=1S/C17H27N3O/c1-4-12(2)19-17(21)13(3)20-10-15(16(18)11-20)14-8-6-5-7-9-14/h5-9,12-13,15-16H,4,10-11,18H2,1-3H3,(H,19,21)/t12?,13?,15-,16+/m0/s1. The van der Waals surface area contributed by atoms with Gasteiger partial charge in [0, 0.05) is 31.1 Å². The van der Waals surface area contributed by atoms with Crippen molar-refractivity contribution in [3.05, 3.63) is 35.9 Å². The second-order valence-electron chi connectivity index (χ2n) is 6.13. The summed E-state index contributed by atoms with van der Waals surface area (Å²) in [6.45, 7) is 7.70. The molecule has 0 spiro atoms. The minimum absolute atomic E-state index is 0.0891. The first-order chi connectivity index (χ1) is 10.0. The number of likely N-dealkylation sites (tertiary alicyclic amines) is 1. The summed E-state index contributed by atoms with van der Waals surface area (Å²) in [5.74, 6) is 0.412. The predicted octanol–water partition coefficient (Wildman–Crippen LogP) is 1.72. The molecule has 1 aromatic rings. The lowest BCUT2D eigenvalue weighted by Crippen LogP contribution is -2.47. The van der Waals surface area contributed by atoms with Gasteiger partial charge < -0.3 is 11.1 Å². The summed E-state index contributed by atoms with van der Waals surface area (Å²) < 4.78 is 0. The fourth-order valence-corrected chi connectivity index (χ4v) is 2.86. The molecule has 4 nitrogen and oxygen atoms in total. The minimum Gasteiger partial charge on any atom is -0.352 e. The van der Waals surface area contributed by atoms with Crippen molar-refractivity contribution in [2.24, 2.45) is 5.73 Å². The fraction of sp³-hybridized carbons (Fsp3) is 0.588. The number of nitrogens with zero attached hydrogens (tertiary/aromatic N) is 1. The first-order valence-corrected chi connectivity index (χ1v) is 7.87. The summed E-state index contributed by atoms with van der Waals surface area (Å²) in [6, 6.07) is 10.5. The molecule has 1 amide bonds. The van der Waals surface area contributed by atoms with Crippen LogP contribution >= 0.6 is 0 Å². The normalized spacial score (nSPS) is 25.5. The third-order valence-corrected chi connectivity index (χ3v) is 4.55. The van der Waals surface area contributed by atoms with Crippen molar-refractivity contribution in [2.45, 2.75) is 51.2 Å². The maximum absolute atomic E-state index is 12.3. The highest BCUT2D eigenvalue weighted by Gasteiger charge is 2.35. The van der Waals surface area contributed by atoms with Crippen LogP contribution in [0.4, 0.5) is 0 Å². The molecule has 1 aromatic carbocycles. The average molecular weight is 289 g/mol. The predicted molar refractivity (Wildman–Crippen MR) is 86.1 cm³/mol. The van der Waals surface area contributed by atoms with E-state index in [1.54, 1.807) is 0 Å². The molecule has 0 radical (unpaired) electrons. The van der Waals surface area contributed by atoms with Gasteiger partial charge in [0.15, 0.2) is 0 Å². The first kappa shape index (κ1) is 16.0. The Labute approximate surface area is 127 Å². The summed E-state index contributed by atoms with van der Waals surface area (Å²) in [5, 5.41) is 3.05. The van der Waals surface area contributed by atoms with Crippen LogP contribution in [-0.4, -0.2) is 42.0 Å². The molecule has 0 aliphatic carbocycles. The highest BCUT2D eigenvalue weighted by molar-refractivity contribution is 5.81. The zero-order valence-electron chi connectivity index (χ0n) is 13.3. The second-order valence-corrected chi connectivity index (χ2v) is 6.13. The van der Waals surface area contributed by atoms with Crippen LogP contribution in [0.2, 0.25) is 0 Å². The van der Waals surface area contributed by atoms with Gasteiger partial charge >= 0.3 is 0 Å². The molecule has 3 N–H and O–H groups in total. The van der Waals surface area contributed by atoms with E-state index in [-0.39, 0.29) is 24.0 Å². The summed E-state index contributed by atoms with van der Waals surface area (Å²) in [4.78, 5) is 14.5. The monoisotopic (exact) mass is 289 g/mol. The number of hydrogen-bond donors (Lipinski definition) is 2. The third-order valence-electron chi connectivity index (χ3n) is 4.55. The van der Waals surface area contributed by atoms with Crippen molar-refractivity contribution in [3.8, 4) is 0 Å². The van der Waals surface area contributed by atoms with Crippen LogP contribution in [0.25, 0.3) is 0 Å². The van der Waals surface area contributed by atoms with Gasteiger partial charge in [0.2, 0.25) is 5.91 Å². The molecule has 21 heavy (non-hydrogen) atoms. The highest BCUT2D eigenvalue weighted by atomic mass is 16.2. The van der Waals surface area contributed by atoms with Crippen LogP contribution in [0.5, 0.6) is 0 Å². The Morgan fingerprint density at radius 2 is 2.00 bits per heavy atom. The van der Waals surface area contributed by atoms with E-state index in [9.17, 15) is 4.79 Å². The number of amides is 1. The van der Waals surface area contributed by atoms with E-state index >= 15 is 0 Å². The van der Waals surface area contributed by atoms with Crippen LogP contribution in [0.1, 0.15) is 38.7 Å². The minimum atomic E-state index is -0.126. The van der Waals surface area contributed by atoms with Gasteiger partial charge in [-0.3, -0.25) is 9.69 Å². The Balaban J connectivity index is 1.98. The maximum atomic E-state index is 12.3. The van der Waals surface area contributed by atoms with Crippen LogP contribution in [-0.2, 0) is 4.79 Å². The Morgan fingerprint density at radius 3 is 2.62 bits per heavy atom. The summed E-state index contributed by atoms with van der Waals surface area (Å²) in [7, 11) is 0. The molecule has 1 heterocycles. The van der Waals surface area contributed by atoms with E-state index in [0.717, 1.165) is 19.5 Å². The highest BCUT2D eigenvalue weighted by Crippen LogP contribution is 2.27. The van der Waals surface area contributed by atoms with E-state index in [4.69, 9.17) is 5.73 Å². The summed E-state index contributed by atoms with van der Waals surface area (Å²) in [6.07, 6.45) is 0.949. The van der Waals surface area contributed by atoms with Crippen molar-refractivity contribution < 1.29 is 4.79 Å². The van der Waals surface area contributed by atoms with Crippen molar-refractivity contribution in [1.29, 1.82) is 0 Å². The zero-order chi connectivity index (χ0) is 15.4. The number of rotatable bonds is 5. The number of hydrogen-bond acceptors (Lipinski definition) is 3. The summed E-state index contributed by atoms with van der Waals surface area (Å²) >= 11 is 0. The molecule has 4 heteroatoms. The molecule has 0 bridgehead atoms. The fourth-order valence-electron chi connectivity index (χ4n) is 2.86. The molecule has 116 valence electrons. The van der Waals surface area contributed by atoms with Crippen LogP contribution in [0.15, 0.2) is 30.3 Å². The molecular formula is C17H27N3O. The van der Waals surface area contributed by atoms with Crippen LogP contribution < -0.4 is 11.1 Å². The quantitative estimate of drug-likeness (QED) is 0.867. The smallest absolute Gasteiger partial charge is 0.237 e. The molecule has 2 unspecified atom stereocenters. The molecule has 0 aromatic heterocycles. The molecule has 1 aliphatic heterocycles. The third kappa shape index (κ3) is 3.83. The van der Waals surface area contributed by atoms with Gasteiger partial charge in [-0.15, -0.1) is 0 Å². The lowest BCUT2D eigenvalue weighted by Gasteiger charge is -2.25. The van der Waals surface area contributed by atoms with Crippen molar-refractivity contribution in [1.82, 2.24) is 10.2 Å². The topological polar surface area (TPSA) is 58.4 Å². The van der Waals surface area contributed by atoms with Gasteiger partial charge in [0.25, 0.3) is 0 Å².